The summed E-state index contributed by atoms with van der Waals surface area (Å²) >= 11 is 5.91. The molecule has 112 valence electrons. The van der Waals surface area contributed by atoms with Gasteiger partial charge in [0.05, 0.1) is 12.1 Å². The molecule has 2 N–H and O–H groups in total. The van der Waals surface area contributed by atoms with Crippen LogP contribution >= 0.6 is 11.6 Å². The molecule has 3 aromatic carbocycles. The quantitative estimate of drug-likeness (QED) is 0.744. The van der Waals surface area contributed by atoms with Gasteiger partial charge in [-0.2, -0.15) is 0 Å². The molecule has 3 rings (SSSR count). The second kappa shape index (κ2) is 6.49. The molecule has 0 fully saturated rings. The van der Waals surface area contributed by atoms with E-state index in [1.807, 2.05) is 31.3 Å². The van der Waals surface area contributed by atoms with Gasteiger partial charge in [-0.3, -0.25) is 0 Å². The molecule has 2 atom stereocenters. The van der Waals surface area contributed by atoms with Gasteiger partial charge in [0.15, 0.2) is 0 Å². The fraction of sp³-hybridized carbons (Fsp3) is 0.158. The molecular formula is C19H18ClNO. The fourth-order valence-corrected chi connectivity index (χ4v) is 2.89. The van der Waals surface area contributed by atoms with Crippen molar-refractivity contribution in [3.63, 3.8) is 0 Å². The van der Waals surface area contributed by atoms with E-state index in [2.05, 4.69) is 35.6 Å². The number of aliphatic hydroxyl groups excluding tert-OH is 1. The van der Waals surface area contributed by atoms with E-state index in [0.29, 0.717) is 5.02 Å². The summed E-state index contributed by atoms with van der Waals surface area (Å²) in [6.45, 7) is 0. The molecule has 2 unspecified atom stereocenters. The van der Waals surface area contributed by atoms with E-state index in [0.717, 1.165) is 11.1 Å². The molecule has 0 saturated carbocycles. The third kappa shape index (κ3) is 3.00. The summed E-state index contributed by atoms with van der Waals surface area (Å²) in [5.74, 6) is 0. The van der Waals surface area contributed by atoms with Crippen LogP contribution in [0.25, 0.3) is 10.8 Å². The lowest BCUT2D eigenvalue weighted by Gasteiger charge is -2.23. The van der Waals surface area contributed by atoms with Gasteiger partial charge >= 0.3 is 0 Å². The molecule has 0 radical (unpaired) electrons. The van der Waals surface area contributed by atoms with E-state index in [-0.39, 0.29) is 6.04 Å². The van der Waals surface area contributed by atoms with Crippen LogP contribution < -0.4 is 5.32 Å². The van der Waals surface area contributed by atoms with Crippen LogP contribution in [0.5, 0.6) is 0 Å². The Labute approximate surface area is 135 Å². The van der Waals surface area contributed by atoms with E-state index in [4.69, 9.17) is 11.6 Å². The molecule has 3 heteroatoms. The summed E-state index contributed by atoms with van der Waals surface area (Å²) in [6, 6.07) is 21.6. The lowest BCUT2D eigenvalue weighted by Crippen LogP contribution is -2.23. The van der Waals surface area contributed by atoms with Gasteiger partial charge in [-0.15, -0.1) is 0 Å². The Morgan fingerprint density at radius 2 is 1.50 bits per heavy atom. The van der Waals surface area contributed by atoms with E-state index in [9.17, 15) is 5.11 Å². The van der Waals surface area contributed by atoms with Gasteiger partial charge in [-0.05, 0) is 47.1 Å². The zero-order valence-corrected chi connectivity index (χ0v) is 13.1. The predicted molar refractivity (Wildman–Crippen MR) is 92.2 cm³/mol. The number of hydrogen-bond donors (Lipinski definition) is 2. The lowest BCUT2D eigenvalue weighted by atomic mass is 9.94. The largest absolute Gasteiger partial charge is 0.386 e. The Kier molecular flexibility index (Phi) is 4.44. The second-order valence-electron chi connectivity index (χ2n) is 5.37. The van der Waals surface area contributed by atoms with Gasteiger partial charge in [0.25, 0.3) is 0 Å². The highest BCUT2D eigenvalue weighted by Gasteiger charge is 2.21. The van der Waals surface area contributed by atoms with E-state index in [1.165, 1.54) is 10.8 Å². The second-order valence-corrected chi connectivity index (χ2v) is 5.81. The van der Waals surface area contributed by atoms with Gasteiger partial charge in [0.2, 0.25) is 0 Å². The van der Waals surface area contributed by atoms with Gasteiger partial charge in [-0.25, -0.2) is 0 Å². The number of halogens is 1. The zero-order chi connectivity index (χ0) is 15.5. The van der Waals surface area contributed by atoms with Gasteiger partial charge in [-0.1, -0.05) is 60.1 Å². The molecule has 0 aromatic heterocycles. The molecular weight excluding hydrogens is 294 g/mol. The number of likely N-dealkylation sites (N-methyl/N-ethyl adjacent to an activating group) is 1. The van der Waals surface area contributed by atoms with E-state index < -0.39 is 6.10 Å². The smallest absolute Gasteiger partial charge is 0.0984 e. The van der Waals surface area contributed by atoms with Crippen molar-refractivity contribution >= 4 is 22.4 Å². The third-order valence-electron chi connectivity index (χ3n) is 3.97. The number of nitrogens with one attached hydrogen (secondary N) is 1. The lowest BCUT2D eigenvalue weighted by molar-refractivity contribution is 0.133. The first-order chi connectivity index (χ1) is 10.7. The van der Waals surface area contributed by atoms with Crippen molar-refractivity contribution in [2.45, 2.75) is 12.1 Å². The van der Waals surface area contributed by atoms with Crippen molar-refractivity contribution in [1.82, 2.24) is 5.32 Å². The highest BCUT2D eigenvalue weighted by Crippen LogP contribution is 2.30. The SMILES string of the molecule is CNC(c1ccc2ccccc2c1)C(O)c1ccc(Cl)cc1. The Hall–Kier alpha value is -1.87. The summed E-state index contributed by atoms with van der Waals surface area (Å²) in [4.78, 5) is 0. The van der Waals surface area contributed by atoms with E-state index in [1.54, 1.807) is 12.1 Å². The number of fused-ring (bicyclic) bond motifs is 1. The molecule has 0 amide bonds. The molecule has 0 saturated heterocycles. The van der Waals surface area contributed by atoms with Crippen LogP contribution in [0.2, 0.25) is 5.02 Å². The monoisotopic (exact) mass is 311 g/mol. The van der Waals surface area contributed by atoms with E-state index >= 15 is 0 Å². The third-order valence-corrected chi connectivity index (χ3v) is 4.22. The minimum atomic E-state index is -0.636. The van der Waals surface area contributed by atoms with Crippen LogP contribution in [0.4, 0.5) is 0 Å². The molecule has 0 aliphatic heterocycles. The Balaban J connectivity index is 1.96. The summed E-state index contributed by atoms with van der Waals surface area (Å²) < 4.78 is 0. The maximum Gasteiger partial charge on any atom is 0.0984 e. The molecule has 3 aromatic rings. The van der Waals surface area contributed by atoms with Crippen molar-refractivity contribution in [3.8, 4) is 0 Å². The maximum atomic E-state index is 10.7. The van der Waals surface area contributed by atoms with Crippen molar-refractivity contribution in [3.05, 3.63) is 82.9 Å². The first kappa shape index (κ1) is 15.0. The van der Waals surface area contributed by atoms with Crippen molar-refractivity contribution in [1.29, 1.82) is 0 Å². The van der Waals surface area contributed by atoms with Crippen molar-refractivity contribution in [2.24, 2.45) is 0 Å². The summed E-state index contributed by atoms with van der Waals surface area (Å²) in [5.41, 5.74) is 1.90. The molecule has 2 nitrogen and oxygen atoms in total. The van der Waals surface area contributed by atoms with Crippen LogP contribution in [-0.2, 0) is 0 Å². The zero-order valence-electron chi connectivity index (χ0n) is 12.3. The predicted octanol–water partition coefficient (Wildman–Crippen LogP) is 4.49. The molecule has 0 spiro atoms. The van der Waals surface area contributed by atoms with Crippen LogP contribution in [-0.4, -0.2) is 12.2 Å². The van der Waals surface area contributed by atoms with Crippen LogP contribution in [0.1, 0.15) is 23.3 Å². The van der Waals surface area contributed by atoms with Gasteiger partial charge in [0.1, 0.15) is 0 Å². The molecule has 0 bridgehead atoms. The average molecular weight is 312 g/mol. The average Bonchev–Trinajstić information content (AvgIpc) is 2.56. The number of hydrogen-bond acceptors (Lipinski definition) is 2. The van der Waals surface area contributed by atoms with Crippen molar-refractivity contribution < 1.29 is 5.11 Å². The van der Waals surface area contributed by atoms with Crippen LogP contribution in [0.3, 0.4) is 0 Å². The normalized spacial score (nSPS) is 14.0. The number of benzene rings is 3. The molecule has 0 aliphatic carbocycles. The highest BCUT2D eigenvalue weighted by atomic mass is 35.5. The summed E-state index contributed by atoms with van der Waals surface area (Å²) in [6.07, 6.45) is -0.636. The molecule has 0 heterocycles. The maximum absolute atomic E-state index is 10.7. The summed E-state index contributed by atoms with van der Waals surface area (Å²) in [7, 11) is 1.86. The first-order valence-electron chi connectivity index (χ1n) is 7.28. The Morgan fingerprint density at radius 1 is 0.864 bits per heavy atom. The summed E-state index contributed by atoms with van der Waals surface area (Å²) in [5, 5.41) is 16.9. The highest BCUT2D eigenvalue weighted by molar-refractivity contribution is 6.30. The van der Waals surface area contributed by atoms with Gasteiger partial charge < -0.3 is 10.4 Å². The molecule has 22 heavy (non-hydrogen) atoms. The fourth-order valence-electron chi connectivity index (χ4n) is 2.76. The Bertz CT molecular complexity index is 770. The van der Waals surface area contributed by atoms with Crippen LogP contribution in [0.15, 0.2) is 66.7 Å². The topological polar surface area (TPSA) is 32.3 Å². The number of rotatable bonds is 4. The minimum absolute atomic E-state index is 0.175. The van der Waals surface area contributed by atoms with Gasteiger partial charge in [0, 0.05) is 5.02 Å². The number of aliphatic hydroxyl groups is 1. The molecule has 0 aliphatic rings. The Morgan fingerprint density at radius 3 is 2.18 bits per heavy atom. The first-order valence-corrected chi connectivity index (χ1v) is 7.66. The minimum Gasteiger partial charge on any atom is -0.386 e. The standard InChI is InChI=1S/C19H18ClNO/c1-21-18(19(22)14-8-10-17(20)11-9-14)16-7-6-13-4-2-3-5-15(13)12-16/h2-12,18-19,21-22H,1H3. The van der Waals surface area contributed by atoms with Crippen LogP contribution in [0, 0.1) is 0 Å². The van der Waals surface area contributed by atoms with Crippen molar-refractivity contribution in [2.75, 3.05) is 7.05 Å².